The van der Waals surface area contributed by atoms with Gasteiger partial charge in [-0.15, -0.1) is 11.3 Å². The largest absolute Gasteiger partial charge is 0.372 e. The third kappa shape index (κ3) is 3.26. The quantitative estimate of drug-likeness (QED) is 0.843. The Balaban J connectivity index is 1.31. The Bertz CT molecular complexity index is 702. The van der Waals surface area contributed by atoms with Crippen molar-refractivity contribution in [2.75, 3.05) is 24.6 Å². The fraction of sp³-hybridized carbons (Fsp3) is 0.562. The molecule has 0 radical (unpaired) electrons. The molecule has 4 rings (SSSR count). The number of thiazole rings is 1. The van der Waals surface area contributed by atoms with Gasteiger partial charge < -0.3 is 14.4 Å². The highest BCUT2D eigenvalue weighted by atomic mass is 32.1. The summed E-state index contributed by atoms with van der Waals surface area (Å²) in [5.41, 5.74) is 0.798. The van der Waals surface area contributed by atoms with E-state index in [2.05, 4.69) is 15.0 Å². The molecule has 2 aliphatic heterocycles. The van der Waals surface area contributed by atoms with Crippen molar-refractivity contribution >= 4 is 17.3 Å². The summed E-state index contributed by atoms with van der Waals surface area (Å²) in [6.07, 6.45) is 4.32. The predicted molar refractivity (Wildman–Crippen MR) is 87.5 cm³/mol. The van der Waals surface area contributed by atoms with Gasteiger partial charge >= 0.3 is 0 Å². The van der Waals surface area contributed by atoms with Crippen LogP contribution in [0, 0.1) is 12.7 Å². The van der Waals surface area contributed by atoms with Crippen LogP contribution in [0.2, 0.25) is 0 Å². The minimum Gasteiger partial charge on any atom is -0.372 e. The molecule has 0 amide bonds. The van der Waals surface area contributed by atoms with E-state index in [9.17, 15) is 4.39 Å². The number of hydrogen-bond donors (Lipinski definition) is 0. The molecule has 0 aromatic carbocycles. The molecule has 0 saturated carbocycles. The van der Waals surface area contributed by atoms with Gasteiger partial charge in [-0.25, -0.2) is 19.3 Å². The highest BCUT2D eigenvalue weighted by molar-refractivity contribution is 7.09. The topological polar surface area (TPSA) is 60.4 Å². The van der Waals surface area contributed by atoms with Crippen LogP contribution in [0.1, 0.15) is 23.5 Å². The molecule has 1 spiro atoms. The number of anilines is 1. The van der Waals surface area contributed by atoms with Crippen molar-refractivity contribution in [2.45, 2.75) is 38.1 Å². The number of aromatic nitrogens is 3. The van der Waals surface area contributed by atoms with Crippen molar-refractivity contribution in [1.82, 2.24) is 15.0 Å². The summed E-state index contributed by atoms with van der Waals surface area (Å²) in [6, 6.07) is 0. The van der Waals surface area contributed by atoms with Crippen LogP contribution in [0.25, 0.3) is 0 Å². The first-order valence-electron chi connectivity index (χ1n) is 8.01. The van der Waals surface area contributed by atoms with Crippen molar-refractivity contribution in [3.63, 3.8) is 0 Å². The molecule has 1 atom stereocenters. The Labute approximate surface area is 143 Å². The van der Waals surface area contributed by atoms with E-state index in [-0.39, 0.29) is 11.7 Å². The first kappa shape index (κ1) is 15.9. The van der Waals surface area contributed by atoms with Crippen LogP contribution in [0.5, 0.6) is 0 Å². The van der Waals surface area contributed by atoms with E-state index in [0.717, 1.165) is 23.5 Å². The highest BCUT2D eigenvalue weighted by Crippen LogP contribution is 2.36. The molecule has 6 nitrogen and oxygen atoms in total. The van der Waals surface area contributed by atoms with Gasteiger partial charge in [0.15, 0.2) is 5.82 Å². The van der Waals surface area contributed by atoms with Crippen molar-refractivity contribution in [3.05, 3.63) is 34.3 Å². The minimum absolute atomic E-state index is 0.178. The molecular formula is C16H19FN4O2S. The summed E-state index contributed by atoms with van der Waals surface area (Å²) in [5, 5.41) is 3.10. The van der Waals surface area contributed by atoms with E-state index in [1.54, 1.807) is 11.3 Å². The first-order chi connectivity index (χ1) is 11.6. The van der Waals surface area contributed by atoms with E-state index in [0.29, 0.717) is 32.3 Å². The summed E-state index contributed by atoms with van der Waals surface area (Å²) in [7, 11) is 0. The number of aryl methyl sites for hydroxylation is 1. The van der Waals surface area contributed by atoms with E-state index in [1.165, 1.54) is 12.4 Å². The average Bonchev–Trinajstić information content (AvgIpc) is 2.97. The number of nitrogens with zero attached hydrogens (tertiary/aromatic N) is 4. The van der Waals surface area contributed by atoms with Crippen molar-refractivity contribution in [1.29, 1.82) is 0 Å². The van der Waals surface area contributed by atoms with Gasteiger partial charge in [-0.2, -0.15) is 0 Å². The molecule has 0 unspecified atom stereocenters. The lowest BCUT2D eigenvalue weighted by Gasteiger charge is -2.52. The smallest absolute Gasteiger partial charge is 0.225 e. The maximum absolute atomic E-state index is 12.9. The van der Waals surface area contributed by atoms with Gasteiger partial charge in [-0.1, -0.05) is 0 Å². The molecule has 0 bridgehead atoms. The molecule has 24 heavy (non-hydrogen) atoms. The zero-order chi connectivity index (χ0) is 16.6. The Hall–Kier alpha value is -1.64. The van der Waals surface area contributed by atoms with E-state index in [4.69, 9.17) is 9.47 Å². The second-order valence-corrected chi connectivity index (χ2v) is 7.43. The van der Waals surface area contributed by atoms with E-state index >= 15 is 0 Å². The second kappa shape index (κ2) is 6.34. The summed E-state index contributed by atoms with van der Waals surface area (Å²) in [4.78, 5) is 14.5. The van der Waals surface area contributed by atoms with E-state index < -0.39 is 5.82 Å². The molecule has 2 aromatic rings. The molecule has 128 valence electrons. The molecule has 0 N–H and O–H groups in total. The fourth-order valence-corrected chi connectivity index (χ4v) is 3.88. The monoisotopic (exact) mass is 350 g/mol. The van der Waals surface area contributed by atoms with Crippen LogP contribution < -0.4 is 4.90 Å². The fourth-order valence-electron chi connectivity index (χ4n) is 3.28. The Kier molecular flexibility index (Phi) is 4.19. The third-order valence-electron chi connectivity index (χ3n) is 4.43. The first-order valence-corrected chi connectivity index (χ1v) is 8.89. The summed E-state index contributed by atoms with van der Waals surface area (Å²) in [6.45, 7) is 4.68. The van der Waals surface area contributed by atoms with Crippen molar-refractivity contribution in [3.8, 4) is 0 Å². The summed E-state index contributed by atoms with van der Waals surface area (Å²) >= 11 is 1.64. The van der Waals surface area contributed by atoms with Crippen molar-refractivity contribution in [2.24, 2.45) is 0 Å². The molecular weight excluding hydrogens is 331 g/mol. The van der Waals surface area contributed by atoms with Gasteiger partial charge in [0.2, 0.25) is 5.95 Å². The minimum atomic E-state index is -0.423. The lowest BCUT2D eigenvalue weighted by Crippen LogP contribution is -2.66. The molecule has 2 aliphatic rings. The van der Waals surface area contributed by atoms with E-state index in [1.807, 2.05) is 17.2 Å². The number of halogens is 1. The number of rotatable bonds is 4. The molecule has 8 heteroatoms. The van der Waals surface area contributed by atoms with Gasteiger partial charge in [0.1, 0.15) is 5.60 Å². The molecule has 2 fully saturated rings. The van der Waals surface area contributed by atoms with Gasteiger partial charge in [-0.3, -0.25) is 0 Å². The molecule has 2 aromatic heterocycles. The standard InChI is InChI=1S/C16H19FN4O2S/c1-11-20-13(8-24-11)7-22-14-2-3-23-16(4-14)9-21(10-16)15-18-5-12(17)6-19-15/h5-6,8,14H,2-4,7,9-10H2,1H3/t14-/m1/s1. The maximum atomic E-state index is 12.9. The zero-order valence-electron chi connectivity index (χ0n) is 13.4. The lowest BCUT2D eigenvalue weighted by molar-refractivity contribution is -0.148. The third-order valence-corrected chi connectivity index (χ3v) is 5.25. The van der Waals surface area contributed by atoms with Crippen LogP contribution in [0.15, 0.2) is 17.8 Å². The van der Waals surface area contributed by atoms with Crippen molar-refractivity contribution < 1.29 is 13.9 Å². The Morgan fingerprint density at radius 2 is 2.21 bits per heavy atom. The van der Waals surface area contributed by atoms with Gasteiger partial charge in [-0.05, 0) is 13.3 Å². The molecule has 2 saturated heterocycles. The highest BCUT2D eigenvalue weighted by Gasteiger charge is 2.48. The van der Waals surface area contributed by atoms with Gasteiger partial charge in [0, 0.05) is 18.4 Å². The summed E-state index contributed by atoms with van der Waals surface area (Å²) < 4.78 is 24.9. The van der Waals surface area contributed by atoms with Crippen LogP contribution in [0.3, 0.4) is 0 Å². The van der Waals surface area contributed by atoms with Gasteiger partial charge in [0.25, 0.3) is 0 Å². The number of hydrogen-bond acceptors (Lipinski definition) is 7. The van der Waals surface area contributed by atoms with Crippen LogP contribution in [-0.2, 0) is 16.1 Å². The van der Waals surface area contributed by atoms with Crippen LogP contribution in [0.4, 0.5) is 10.3 Å². The second-order valence-electron chi connectivity index (χ2n) is 6.37. The van der Waals surface area contributed by atoms with Crippen LogP contribution in [-0.4, -0.2) is 46.4 Å². The zero-order valence-corrected chi connectivity index (χ0v) is 14.3. The lowest BCUT2D eigenvalue weighted by atomic mass is 9.85. The predicted octanol–water partition coefficient (Wildman–Crippen LogP) is 2.34. The Morgan fingerprint density at radius 1 is 1.42 bits per heavy atom. The van der Waals surface area contributed by atoms with Gasteiger partial charge in [0.05, 0.1) is 48.9 Å². The number of ether oxygens (including phenoxy) is 2. The van der Waals surface area contributed by atoms with Crippen LogP contribution >= 0.6 is 11.3 Å². The summed E-state index contributed by atoms with van der Waals surface area (Å²) in [5.74, 6) is 0.125. The molecule has 0 aliphatic carbocycles. The normalized spacial score (nSPS) is 22.6. The molecule has 4 heterocycles. The SMILES string of the molecule is Cc1nc(CO[C@@H]2CCOC3(C2)CN(c2ncc(F)cn2)C3)cs1. The Morgan fingerprint density at radius 3 is 2.92 bits per heavy atom. The maximum Gasteiger partial charge on any atom is 0.225 e. The average molecular weight is 350 g/mol.